The van der Waals surface area contributed by atoms with Gasteiger partial charge in [0.25, 0.3) is 0 Å². The van der Waals surface area contributed by atoms with Crippen LogP contribution in [0.4, 0.5) is 0 Å². The summed E-state index contributed by atoms with van der Waals surface area (Å²) in [5.74, 6) is 2.40. The minimum Gasteiger partial charge on any atom is -0.497 e. The zero-order chi connectivity index (χ0) is 15.4. The molecule has 0 saturated heterocycles. The Labute approximate surface area is 136 Å². The number of benzene rings is 1. The number of methoxy groups -OCH3 is 1. The molecule has 0 radical (unpaired) electrons. The summed E-state index contributed by atoms with van der Waals surface area (Å²) in [6, 6.07) is 10.5. The summed E-state index contributed by atoms with van der Waals surface area (Å²) in [5.41, 5.74) is 1.31. The molecule has 0 bridgehead atoms. The first-order valence-corrected chi connectivity index (χ1v) is 8.66. The summed E-state index contributed by atoms with van der Waals surface area (Å²) < 4.78 is 11.1. The minimum atomic E-state index is 0.544. The SMILES string of the molecule is COc1ccc2c(c1)OCCC2CN(C)CCc1cccs1. The fraction of sp³-hybridized carbons (Fsp3) is 0.444. The van der Waals surface area contributed by atoms with Crippen molar-refractivity contribution in [3.8, 4) is 11.5 Å². The van der Waals surface area contributed by atoms with Gasteiger partial charge in [0.2, 0.25) is 0 Å². The fourth-order valence-electron chi connectivity index (χ4n) is 2.98. The third-order valence-electron chi connectivity index (χ3n) is 4.24. The van der Waals surface area contributed by atoms with Gasteiger partial charge < -0.3 is 14.4 Å². The summed E-state index contributed by atoms with van der Waals surface area (Å²) in [6.45, 7) is 2.97. The molecule has 0 fully saturated rings. The Hall–Kier alpha value is -1.52. The van der Waals surface area contributed by atoms with Gasteiger partial charge >= 0.3 is 0 Å². The highest BCUT2D eigenvalue weighted by atomic mass is 32.1. The molecule has 2 aromatic rings. The number of hydrogen-bond acceptors (Lipinski definition) is 4. The van der Waals surface area contributed by atoms with Crippen molar-refractivity contribution in [3.05, 3.63) is 46.2 Å². The first kappa shape index (κ1) is 15.4. The van der Waals surface area contributed by atoms with Crippen molar-refractivity contribution < 1.29 is 9.47 Å². The molecular weight excluding hydrogens is 294 g/mol. The zero-order valence-corrected chi connectivity index (χ0v) is 14.1. The maximum absolute atomic E-state index is 5.80. The molecule has 3 rings (SSSR count). The van der Waals surface area contributed by atoms with Crippen LogP contribution in [0.25, 0.3) is 0 Å². The van der Waals surface area contributed by atoms with Gasteiger partial charge in [-0.1, -0.05) is 12.1 Å². The molecule has 1 aliphatic rings. The standard InChI is InChI=1S/C18H23NO2S/c1-19(9-7-16-4-3-11-22-16)13-14-8-10-21-18-12-15(20-2)5-6-17(14)18/h3-6,11-12,14H,7-10,13H2,1-2H3. The minimum absolute atomic E-state index is 0.544. The van der Waals surface area contributed by atoms with Crippen molar-refractivity contribution in [2.45, 2.75) is 18.8 Å². The second-order valence-electron chi connectivity index (χ2n) is 5.83. The molecule has 1 aromatic heterocycles. The molecule has 0 aliphatic carbocycles. The second kappa shape index (κ2) is 7.16. The molecule has 0 saturated carbocycles. The molecule has 22 heavy (non-hydrogen) atoms. The Morgan fingerprint density at radius 3 is 3.05 bits per heavy atom. The van der Waals surface area contributed by atoms with Gasteiger partial charge in [-0.3, -0.25) is 0 Å². The van der Waals surface area contributed by atoms with E-state index in [9.17, 15) is 0 Å². The quantitative estimate of drug-likeness (QED) is 0.809. The first-order valence-electron chi connectivity index (χ1n) is 7.78. The summed E-state index contributed by atoms with van der Waals surface area (Å²) >= 11 is 1.84. The lowest BCUT2D eigenvalue weighted by Gasteiger charge is -2.29. The van der Waals surface area contributed by atoms with E-state index in [2.05, 4.69) is 35.5 Å². The Morgan fingerprint density at radius 2 is 2.27 bits per heavy atom. The van der Waals surface area contributed by atoms with E-state index in [4.69, 9.17) is 9.47 Å². The van der Waals surface area contributed by atoms with Gasteiger partial charge in [-0.05, 0) is 43.0 Å². The maximum atomic E-state index is 5.80. The molecular formula is C18H23NO2S. The average molecular weight is 317 g/mol. The van der Waals surface area contributed by atoms with Crippen molar-refractivity contribution in [2.75, 3.05) is 33.9 Å². The highest BCUT2D eigenvalue weighted by Crippen LogP contribution is 2.36. The van der Waals surface area contributed by atoms with Crippen LogP contribution >= 0.6 is 11.3 Å². The Bertz CT molecular complexity index is 597. The van der Waals surface area contributed by atoms with Crippen molar-refractivity contribution in [1.29, 1.82) is 0 Å². The first-order chi connectivity index (χ1) is 10.8. The van der Waals surface area contributed by atoms with E-state index in [1.165, 1.54) is 10.4 Å². The topological polar surface area (TPSA) is 21.7 Å². The molecule has 0 amide bonds. The molecule has 118 valence electrons. The molecule has 3 nitrogen and oxygen atoms in total. The molecule has 1 aliphatic heterocycles. The van der Waals surface area contributed by atoms with Gasteiger partial charge in [0.15, 0.2) is 0 Å². The summed E-state index contributed by atoms with van der Waals surface area (Å²) in [7, 11) is 3.91. The van der Waals surface area contributed by atoms with Crippen LogP contribution in [0.1, 0.15) is 22.8 Å². The number of nitrogens with zero attached hydrogens (tertiary/aromatic N) is 1. The monoisotopic (exact) mass is 317 g/mol. The zero-order valence-electron chi connectivity index (χ0n) is 13.2. The van der Waals surface area contributed by atoms with Crippen LogP contribution < -0.4 is 9.47 Å². The highest BCUT2D eigenvalue weighted by molar-refractivity contribution is 7.09. The smallest absolute Gasteiger partial charge is 0.126 e. The molecule has 0 N–H and O–H groups in total. The van der Waals surface area contributed by atoms with Gasteiger partial charge in [-0.25, -0.2) is 0 Å². The van der Waals surface area contributed by atoms with Crippen LogP contribution in [0, 0.1) is 0 Å². The van der Waals surface area contributed by atoms with Crippen LogP contribution in [0.15, 0.2) is 35.7 Å². The molecule has 2 heterocycles. The lowest BCUT2D eigenvalue weighted by molar-refractivity contribution is 0.231. The predicted octanol–water partition coefficient (Wildman–Crippen LogP) is 3.80. The average Bonchev–Trinajstić information content (AvgIpc) is 3.06. The van der Waals surface area contributed by atoms with E-state index in [0.717, 1.165) is 44.0 Å². The molecule has 1 aromatic carbocycles. The van der Waals surface area contributed by atoms with Crippen LogP contribution in [0.2, 0.25) is 0 Å². The van der Waals surface area contributed by atoms with Crippen molar-refractivity contribution in [1.82, 2.24) is 4.90 Å². The number of fused-ring (bicyclic) bond motifs is 1. The van der Waals surface area contributed by atoms with Crippen LogP contribution in [0.3, 0.4) is 0 Å². The number of thiophene rings is 1. The molecule has 0 spiro atoms. The predicted molar refractivity (Wildman–Crippen MR) is 91.4 cm³/mol. The summed E-state index contributed by atoms with van der Waals surface area (Å²) in [6.07, 6.45) is 2.22. The van der Waals surface area contributed by atoms with Crippen molar-refractivity contribution in [2.24, 2.45) is 0 Å². The van der Waals surface area contributed by atoms with Gasteiger partial charge in [0.05, 0.1) is 13.7 Å². The Balaban J connectivity index is 1.61. The molecule has 1 unspecified atom stereocenters. The Morgan fingerprint density at radius 1 is 1.36 bits per heavy atom. The van der Waals surface area contributed by atoms with E-state index in [1.54, 1.807) is 7.11 Å². The largest absolute Gasteiger partial charge is 0.497 e. The second-order valence-corrected chi connectivity index (χ2v) is 6.86. The lowest BCUT2D eigenvalue weighted by Crippen LogP contribution is -2.29. The lowest BCUT2D eigenvalue weighted by atomic mass is 9.92. The summed E-state index contributed by atoms with van der Waals surface area (Å²) in [5, 5.41) is 2.15. The third kappa shape index (κ3) is 3.62. The van der Waals surface area contributed by atoms with Crippen LogP contribution in [0.5, 0.6) is 11.5 Å². The Kier molecular flexibility index (Phi) is 5.01. The summed E-state index contributed by atoms with van der Waals surface area (Å²) in [4.78, 5) is 3.90. The van der Waals surface area contributed by atoms with E-state index < -0.39 is 0 Å². The number of likely N-dealkylation sites (N-methyl/N-ethyl adjacent to an activating group) is 1. The van der Waals surface area contributed by atoms with Crippen molar-refractivity contribution >= 4 is 11.3 Å². The van der Waals surface area contributed by atoms with E-state index >= 15 is 0 Å². The molecule has 4 heteroatoms. The van der Waals surface area contributed by atoms with Gasteiger partial charge in [-0.15, -0.1) is 11.3 Å². The van der Waals surface area contributed by atoms with Crippen LogP contribution in [-0.4, -0.2) is 38.8 Å². The fourth-order valence-corrected chi connectivity index (χ4v) is 3.68. The highest BCUT2D eigenvalue weighted by Gasteiger charge is 2.23. The maximum Gasteiger partial charge on any atom is 0.126 e. The van der Waals surface area contributed by atoms with E-state index in [1.807, 2.05) is 23.5 Å². The van der Waals surface area contributed by atoms with Gasteiger partial charge in [-0.2, -0.15) is 0 Å². The van der Waals surface area contributed by atoms with E-state index in [0.29, 0.717) is 5.92 Å². The van der Waals surface area contributed by atoms with Crippen molar-refractivity contribution in [3.63, 3.8) is 0 Å². The molecule has 1 atom stereocenters. The van der Waals surface area contributed by atoms with E-state index in [-0.39, 0.29) is 0 Å². The number of rotatable bonds is 6. The number of ether oxygens (including phenoxy) is 2. The van der Waals surface area contributed by atoms with Gasteiger partial charge in [0, 0.05) is 30.0 Å². The normalized spacial score (nSPS) is 17.1. The number of hydrogen-bond donors (Lipinski definition) is 0. The van der Waals surface area contributed by atoms with Gasteiger partial charge in [0.1, 0.15) is 11.5 Å². The third-order valence-corrected chi connectivity index (χ3v) is 5.17. The van der Waals surface area contributed by atoms with Crippen LogP contribution in [-0.2, 0) is 6.42 Å².